The van der Waals surface area contributed by atoms with Crippen LogP contribution >= 0.6 is 0 Å². The smallest absolute Gasteiger partial charge is 0.219 e. The second-order valence-electron chi connectivity index (χ2n) is 2.78. The Hall–Kier alpha value is -0.240. The average Bonchev–Trinajstić information content (AvgIpc) is 2.31. The van der Waals surface area contributed by atoms with Gasteiger partial charge in [0.2, 0.25) is 5.79 Å². The Morgan fingerprint density at radius 3 is 2.08 bits per heavy atom. The van der Waals surface area contributed by atoms with Gasteiger partial charge in [-0.05, 0) is 0 Å². The number of hydrogen-bond donors (Lipinski definition) is 5. The number of ether oxygens (including phenoxy) is 1. The van der Waals surface area contributed by atoms with E-state index in [2.05, 4.69) is 4.74 Å². The summed E-state index contributed by atoms with van der Waals surface area (Å²) in [5.41, 5.74) is 0. The first-order valence-electron chi connectivity index (χ1n) is 3.53. The molecule has 12 heavy (non-hydrogen) atoms. The highest BCUT2D eigenvalue weighted by Gasteiger charge is 2.52. The summed E-state index contributed by atoms with van der Waals surface area (Å²) in [5.74, 6) is -2.16. The highest BCUT2D eigenvalue weighted by atomic mass is 16.7. The Morgan fingerprint density at radius 2 is 1.83 bits per heavy atom. The van der Waals surface area contributed by atoms with E-state index in [1.54, 1.807) is 0 Å². The van der Waals surface area contributed by atoms with Crippen molar-refractivity contribution >= 4 is 0 Å². The lowest BCUT2D eigenvalue weighted by Crippen LogP contribution is -2.46. The molecule has 0 aromatic rings. The minimum Gasteiger partial charge on any atom is -0.394 e. The maximum atomic E-state index is 9.25. The number of rotatable bonds is 2. The van der Waals surface area contributed by atoms with Gasteiger partial charge in [-0.1, -0.05) is 0 Å². The van der Waals surface area contributed by atoms with E-state index in [9.17, 15) is 5.11 Å². The van der Waals surface area contributed by atoms with E-state index in [4.69, 9.17) is 20.4 Å². The molecule has 1 fully saturated rings. The molecule has 0 bridgehead atoms. The maximum Gasteiger partial charge on any atom is 0.219 e. The highest BCUT2D eigenvalue weighted by molar-refractivity contribution is 4.94. The normalized spacial score (nSPS) is 48.2. The molecule has 1 heterocycles. The van der Waals surface area contributed by atoms with Gasteiger partial charge in [0.15, 0.2) is 0 Å². The van der Waals surface area contributed by atoms with E-state index < -0.39 is 37.3 Å². The van der Waals surface area contributed by atoms with Crippen LogP contribution in [0.2, 0.25) is 0 Å². The topological polar surface area (TPSA) is 110 Å². The molecule has 1 aliphatic heterocycles. The van der Waals surface area contributed by atoms with E-state index in [1.165, 1.54) is 0 Å². The predicted octanol–water partition coefficient (Wildman–Crippen LogP) is -3.22. The molecule has 0 radical (unpaired) electrons. The Bertz CT molecular complexity index is 162. The molecule has 6 heteroatoms. The van der Waals surface area contributed by atoms with Gasteiger partial charge in [-0.3, -0.25) is 0 Å². The summed E-state index contributed by atoms with van der Waals surface area (Å²) in [7, 11) is 0. The van der Waals surface area contributed by atoms with Gasteiger partial charge in [-0.25, -0.2) is 0 Å². The van der Waals surface area contributed by atoms with Crippen LogP contribution < -0.4 is 0 Å². The van der Waals surface area contributed by atoms with Crippen molar-refractivity contribution in [3.63, 3.8) is 0 Å². The Labute approximate surface area is 68.6 Å². The first-order chi connectivity index (χ1) is 5.55. The summed E-state index contributed by atoms with van der Waals surface area (Å²) in [6.07, 6.45) is -4.04. The van der Waals surface area contributed by atoms with E-state index in [0.29, 0.717) is 0 Å². The molecule has 6 nitrogen and oxygen atoms in total. The van der Waals surface area contributed by atoms with Gasteiger partial charge in [0.1, 0.15) is 18.3 Å². The fourth-order valence-corrected chi connectivity index (χ4v) is 1.15. The Balaban J connectivity index is 2.72. The molecular formula is C6H12O6. The predicted molar refractivity (Wildman–Crippen MR) is 36.0 cm³/mol. The van der Waals surface area contributed by atoms with Crippen LogP contribution in [0, 0.1) is 0 Å². The molecule has 0 saturated carbocycles. The monoisotopic (exact) mass is 180 g/mol. The maximum absolute atomic E-state index is 9.25. The minimum absolute atomic E-state index is 0.527. The lowest BCUT2D eigenvalue weighted by molar-refractivity contribution is -0.248. The molecule has 1 aliphatic rings. The zero-order valence-electron chi connectivity index (χ0n) is 6.29. The molecule has 1 saturated heterocycles. The fourth-order valence-electron chi connectivity index (χ4n) is 1.15. The molecule has 5 N–H and O–H groups in total. The van der Waals surface area contributed by atoms with Gasteiger partial charge in [-0.15, -0.1) is 0 Å². The summed E-state index contributed by atoms with van der Waals surface area (Å²) < 4.78 is 4.63. The average molecular weight is 180 g/mol. The molecule has 0 aliphatic carbocycles. The molecule has 0 amide bonds. The number of aliphatic hydroxyl groups is 5. The standard InChI is InChI=1S/C6H12O6/c7-1-3-4(9)5(10)6(11,2-8)12-3/h3-5,7-11H,1-2H2/t3-,4?,5-,6-/m0/s1. The van der Waals surface area contributed by atoms with Crippen LogP contribution in [-0.4, -0.2) is 62.8 Å². The number of aliphatic hydroxyl groups excluding tert-OH is 4. The first-order valence-corrected chi connectivity index (χ1v) is 3.53. The van der Waals surface area contributed by atoms with Gasteiger partial charge in [-0.2, -0.15) is 0 Å². The van der Waals surface area contributed by atoms with Crippen LogP contribution in [0.5, 0.6) is 0 Å². The Kier molecular flexibility index (Phi) is 2.67. The van der Waals surface area contributed by atoms with E-state index >= 15 is 0 Å². The lowest BCUT2D eigenvalue weighted by Gasteiger charge is -2.22. The van der Waals surface area contributed by atoms with E-state index in [0.717, 1.165) is 0 Å². The highest BCUT2D eigenvalue weighted by Crippen LogP contribution is 2.28. The second-order valence-corrected chi connectivity index (χ2v) is 2.78. The van der Waals surface area contributed by atoms with Crippen molar-refractivity contribution in [1.82, 2.24) is 0 Å². The first kappa shape index (κ1) is 9.85. The van der Waals surface area contributed by atoms with Crippen molar-refractivity contribution in [3.8, 4) is 0 Å². The Morgan fingerprint density at radius 1 is 1.25 bits per heavy atom. The largest absolute Gasteiger partial charge is 0.394 e. The van der Waals surface area contributed by atoms with E-state index in [1.807, 2.05) is 0 Å². The second kappa shape index (κ2) is 3.25. The fraction of sp³-hybridized carbons (Fsp3) is 1.00. The van der Waals surface area contributed by atoms with Crippen molar-refractivity contribution in [1.29, 1.82) is 0 Å². The zero-order valence-corrected chi connectivity index (χ0v) is 6.29. The molecule has 1 unspecified atom stereocenters. The molecule has 0 aromatic carbocycles. The molecule has 4 atom stereocenters. The van der Waals surface area contributed by atoms with Crippen molar-refractivity contribution in [3.05, 3.63) is 0 Å². The van der Waals surface area contributed by atoms with Crippen LogP contribution in [0.4, 0.5) is 0 Å². The van der Waals surface area contributed by atoms with Gasteiger partial charge in [0.05, 0.1) is 13.2 Å². The third-order valence-electron chi connectivity index (χ3n) is 1.93. The molecular weight excluding hydrogens is 168 g/mol. The summed E-state index contributed by atoms with van der Waals surface area (Å²) in [6.45, 7) is -1.36. The summed E-state index contributed by atoms with van der Waals surface area (Å²) >= 11 is 0. The van der Waals surface area contributed by atoms with Gasteiger partial charge in [0, 0.05) is 0 Å². The number of hydrogen-bond acceptors (Lipinski definition) is 6. The minimum atomic E-state index is -2.16. The zero-order chi connectivity index (χ0) is 9.35. The van der Waals surface area contributed by atoms with Crippen molar-refractivity contribution in [2.75, 3.05) is 13.2 Å². The van der Waals surface area contributed by atoms with Gasteiger partial charge >= 0.3 is 0 Å². The third-order valence-corrected chi connectivity index (χ3v) is 1.93. The van der Waals surface area contributed by atoms with Crippen molar-refractivity contribution in [2.45, 2.75) is 24.1 Å². The summed E-state index contributed by atoms with van der Waals surface area (Å²) in [4.78, 5) is 0. The van der Waals surface area contributed by atoms with Crippen LogP contribution in [0.25, 0.3) is 0 Å². The lowest BCUT2D eigenvalue weighted by atomic mass is 10.1. The van der Waals surface area contributed by atoms with Crippen molar-refractivity contribution < 1.29 is 30.3 Å². The van der Waals surface area contributed by atoms with E-state index in [-0.39, 0.29) is 0 Å². The molecule has 0 spiro atoms. The van der Waals surface area contributed by atoms with Crippen LogP contribution in [-0.2, 0) is 4.74 Å². The van der Waals surface area contributed by atoms with Crippen LogP contribution in [0.15, 0.2) is 0 Å². The molecule has 1 rings (SSSR count). The van der Waals surface area contributed by atoms with Gasteiger partial charge < -0.3 is 30.3 Å². The van der Waals surface area contributed by atoms with Crippen molar-refractivity contribution in [2.24, 2.45) is 0 Å². The van der Waals surface area contributed by atoms with Crippen LogP contribution in [0.1, 0.15) is 0 Å². The molecule has 0 aromatic heterocycles. The SMILES string of the molecule is OC[C@@H]1O[C@@](O)(CO)[C@@H](O)C1O. The quantitative estimate of drug-likeness (QED) is 0.306. The van der Waals surface area contributed by atoms with Gasteiger partial charge in [0.25, 0.3) is 0 Å². The van der Waals surface area contributed by atoms with Crippen LogP contribution in [0.3, 0.4) is 0 Å². The molecule has 72 valence electrons. The summed E-state index contributed by atoms with van der Waals surface area (Å²) in [5, 5.41) is 44.7. The summed E-state index contributed by atoms with van der Waals surface area (Å²) in [6, 6.07) is 0. The third kappa shape index (κ3) is 1.33.